The van der Waals surface area contributed by atoms with E-state index in [9.17, 15) is 28.8 Å². The predicted molar refractivity (Wildman–Crippen MR) is 166 cm³/mol. The average Bonchev–Trinajstić information content (AvgIpc) is 2.96. The van der Waals surface area contributed by atoms with Crippen LogP contribution in [0, 0.1) is 0 Å². The van der Waals surface area contributed by atoms with Gasteiger partial charge in [-0.2, -0.15) is 13.7 Å². The van der Waals surface area contributed by atoms with Crippen LogP contribution in [0.25, 0.3) is 0 Å². The van der Waals surface area contributed by atoms with Crippen molar-refractivity contribution in [3.8, 4) is 0 Å². The van der Waals surface area contributed by atoms with Crippen LogP contribution < -0.4 is 17.1 Å². The fourth-order valence-corrected chi connectivity index (χ4v) is 4.48. The molecule has 0 amide bonds. The number of hydrogen-bond acceptors (Lipinski definition) is 15. The number of aromatic nitrogens is 3. The largest absolute Gasteiger partial charge is 0.433 e. The molecule has 0 saturated carbocycles. The van der Waals surface area contributed by atoms with E-state index in [4.69, 9.17) is 42.6 Å². The summed E-state index contributed by atoms with van der Waals surface area (Å²) in [5, 5.41) is 0. The number of rotatable bonds is 21. The van der Waals surface area contributed by atoms with Crippen molar-refractivity contribution in [3.05, 3.63) is 69.4 Å². The van der Waals surface area contributed by atoms with Crippen molar-refractivity contribution < 1.29 is 57.0 Å². The molecule has 0 aliphatic heterocycles. The minimum absolute atomic E-state index is 0.189. The molecule has 6 atom stereocenters. The molecule has 1 aromatic rings. The third kappa shape index (κ3) is 10.1. The minimum Gasteiger partial charge on any atom is -0.433 e. The Labute approximate surface area is 276 Å². The van der Waals surface area contributed by atoms with Crippen LogP contribution in [0.15, 0.2) is 52.3 Å². The lowest BCUT2D eigenvalue weighted by molar-refractivity contribution is -0.355. The molecule has 0 N–H and O–H groups in total. The van der Waals surface area contributed by atoms with Crippen molar-refractivity contribution in [2.45, 2.75) is 98.9 Å². The molecule has 0 bridgehead atoms. The van der Waals surface area contributed by atoms with Crippen molar-refractivity contribution in [1.29, 1.82) is 0 Å². The summed E-state index contributed by atoms with van der Waals surface area (Å²) in [7, 11) is 0. The molecule has 270 valence electrons. The van der Waals surface area contributed by atoms with Crippen LogP contribution in [0.4, 0.5) is 0 Å². The fraction of sp³-hybridized carbons (Fsp3) is 0.600. The van der Waals surface area contributed by atoms with E-state index < -0.39 is 71.6 Å². The van der Waals surface area contributed by atoms with E-state index in [-0.39, 0.29) is 19.8 Å². The van der Waals surface area contributed by atoms with E-state index in [1.165, 1.54) is 41.5 Å². The monoisotopic (exact) mass is 687 g/mol. The molecule has 0 radical (unpaired) electrons. The van der Waals surface area contributed by atoms with E-state index in [1.807, 2.05) is 0 Å². The van der Waals surface area contributed by atoms with Gasteiger partial charge in [0, 0.05) is 58.8 Å². The first-order valence-corrected chi connectivity index (χ1v) is 14.8. The second-order valence-electron chi connectivity index (χ2n) is 9.83. The van der Waals surface area contributed by atoms with Gasteiger partial charge < -0.3 is 28.4 Å². The third-order valence-electron chi connectivity index (χ3n) is 6.10. The molecule has 0 saturated heterocycles. The van der Waals surface area contributed by atoms with E-state index >= 15 is 0 Å². The highest BCUT2D eigenvalue weighted by molar-refractivity contribution is 5.81. The van der Waals surface area contributed by atoms with Gasteiger partial charge in [0.25, 0.3) is 17.7 Å². The Kier molecular flexibility index (Phi) is 15.5. The summed E-state index contributed by atoms with van der Waals surface area (Å²) >= 11 is 0. The van der Waals surface area contributed by atoms with Crippen LogP contribution in [0.3, 0.4) is 0 Å². The highest BCUT2D eigenvalue weighted by Crippen LogP contribution is 2.25. The van der Waals surface area contributed by atoms with Gasteiger partial charge in [-0.05, 0) is 41.5 Å². The number of hydrogen-bond donors (Lipinski definition) is 0. The molecular formula is C30H45N3O15. The molecule has 6 unspecified atom stereocenters. The lowest BCUT2D eigenvalue weighted by atomic mass is 10.4. The summed E-state index contributed by atoms with van der Waals surface area (Å²) < 4.78 is 50.8. The summed E-state index contributed by atoms with van der Waals surface area (Å²) in [6, 6.07) is 0. The topological polar surface area (TPSA) is 200 Å². The van der Waals surface area contributed by atoms with Gasteiger partial charge in [0.05, 0.1) is 0 Å². The first-order chi connectivity index (χ1) is 22.3. The maximum atomic E-state index is 14.4. The number of carbonyl (C=O) groups is 3. The van der Waals surface area contributed by atoms with Gasteiger partial charge >= 0.3 is 35.0 Å². The predicted octanol–water partition coefficient (Wildman–Crippen LogP) is 1.45. The van der Waals surface area contributed by atoms with Gasteiger partial charge in [0.15, 0.2) is 0 Å². The Morgan fingerprint density at radius 2 is 0.771 bits per heavy atom. The SMILES string of the molecule is C=CC(=O)OC(C)OC(C)(OCC)n1c(=O)n(C(C)(OCC)OC(C)OC(=O)C=C)c(=O)n(C(C)(OCC)OC(C)OC(=O)C=C)c1=O. The zero-order valence-corrected chi connectivity index (χ0v) is 28.7. The highest BCUT2D eigenvalue weighted by Gasteiger charge is 2.46. The van der Waals surface area contributed by atoms with Crippen LogP contribution in [-0.2, 0) is 74.7 Å². The molecule has 18 nitrogen and oxygen atoms in total. The molecular weight excluding hydrogens is 642 g/mol. The molecule has 1 heterocycles. The molecule has 0 aliphatic rings. The lowest BCUT2D eigenvalue weighted by Crippen LogP contribution is -2.68. The Bertz CT molecular complexity index is 1310. The van der Waals surface area contributed by atoms with Gasteiger partial charge in [0.1, 0.15) is 0 Å². The molecule has 0 aromatic carbocycles. The number of nitrogens with zero attached hydrogens (tertiary/aromatic N) is 3. The third-order valence-corrected chi connectivity index (χ3v) is 6.10. The molecule has 0 aliphatic carbocycles. The van der Waals surface area contributed by atoms with Crippen molar-refractivity contribution >= 4 is 17.9 Å². The average molecular weight is 688 g/mol. The molecule has 0 spiro atoms. The van der Waals surface area contributed by atoms with Gasteiger partial charge in [-0.3, -0.25) is 14.2 Å². The molecule has 18 heteroatoms. The number of carbonyl (C=O) groups excluding carboxylic acids is 3. The molecule has 1 rings (SSSR count). The number of ether oxygens (including phenoxy) is 9. The smallest absolute Gasteiger partial charge is 0.345 e. The van der Waals surface area contributed by atoms with Crippen LogP contribution in [-0.4, -0.2) is 70.3 Å². The fourth-order valence-electron chi connectivity index (χ4n) is 4.48. The van der Waals surface area contributed by atoms with Gasteiger partial charge in [0.2, 0.25) is 18.9 Å². The minimum atomic E-state index is -2.43. The zero-order chi connectivity index (χ0) is 37.0. The zero-order valence-electron chi connectivity index (χ0n) is 28.7. The van der Waals surface area contributed by atoms with Crippen LogP contribution >= 0.6 is 0 Å². The lowest BCUT2D eigenvalue weighted by Gasteiger charge is -2.38. The summed E-state index contributed by atoms with van der Waals surface area (Å²) in [6.45, 7) is 21.1. The molecule has 1 aromatic heterocycles. The maximum absolute atomic E-state index is 14.4. The first kappa shape index (κ1) is 41.8. The second kappa shape index (κ2) is 17.8. The first-order valence-electron chi connectivity index (χ1n) is 14.8. The van der Waals surface area contributed by atoms with E-state index in [0.717, 1.165) is 39.0 Å². The standard InChI is InChI=1S/C30H45N3O15/c1-13-22(34)43-19(7)46-28(10,40-16-4)31-25(37)32(29(11,41-17-5)47-20(8)44-23(35)14-2)27(39)33(26(31)38)30(12,42-18-6)48-21(9)45-24(36)15-3/h13-15,19-21H,1-3,16-18H2,4-12H3. The van der Waals surface area contributed by atoms with E-state index in [2.05, 4.69) is 19.7 Å². The molecule has 48 heavy (non-hydrogen) atoms. The Morgan fingerprint density at radius 1 is 0.562 bits per heavy atom. The van der Waals surface area contributed by atoms with E-state index in [0.29, 0.717) is 13.7 Å². The second-order valence-corrected chi connectivity index (χ2v) is 9.83. The summed E-state index contributed by atoms with van der Waals surface area (Å²) in [5.41, 5.74) is -4.28. The highest BCUT2D eigenvalue weighted by atomic mass is 16.8. The normalized spacial score (nSPS) is 16.9. The van der Waals surface area contributed by atoms with Crippen molar-refractivity contribution in [1.82, 2.24) is 13.7 Å². The van der Waals surface area contributed by atoms with Crippen molar-refractivity contribution in [3.63, 3.8) is 0 Å². The van der Waals surface area contributed by atoms with Crippen molar-refractivity contribution in [2.24, 2.45) is 0 Å². The summed E-state index contributed by atoms with van der Waals surface area (Å²) in [6.07, 6.45) is -1.83. The van der Waals surface area contributed by atoms with Crippen LogP contribution in [0.5, 0.6) is 0 Å². The van der Waals surface area contributed by atoms with Crippen LogP contribution in [0.1, 0.15) is 62.3 Å². The Morgan fingerprint density at radius 3 is 0.938 bits per heavy atom. The maximum Gasteiger partial charge on any atom is 0.345 e. The van der Waals surface area contributed by atoms with Crippen LogP contribution in [0.2, 0.25) is 0 Å². The Balaban J connectivity index is 4.41. The summed E-state index contributed by atoms with van der Waals surface area (Å²) in [5.74, 6) is -10.00. The van der Waals surface area contributed by atoms with Gasteiger partial charge in [-0.1, -0.05) is 19.7 Å². The van der Waals surface area contributed by atoms with Crippen molar-refractivity contribution in [2.75, 3.05) is 19.8 Å². The summed E-state index contributed by atoms with van der Waals surface area (Å²) in [4.78, 5) is 78.9. The number of esters is 3. The van der Waals surface area contributed by atoms with E-state index in [1.54, 1.807) is 0 Å². The quantitative estimate of drug-likeness (QED) is 0.0777. The van der Waals surface area contributed by atoms with Gasteiger partial charge in [-0.15, -0.1) is 0 Å². The molecule has 0 fully saturated rings. The Hall–Kier alpha value is -4.20. The van der Waals surface area contributed by atoms with Gasteiger partial charge in [-0.25, -0.2) is 28.8 Å².